The number of fused-ring (bicyclic) bond motifs is 2. The summed E-state index contributed by atoms with van der Waals surface area (Å²) in [5.41, 5.74) is 5.58. The Hall–Kier alpha value is -4.62. The topological polar surface area (TPSA) is 133 Å². The van der Waals surface area contributed by atoms with Crippen LogP contribution < -0.4 is 19.7 Å². The minimum absolute atomic E-state index is 0.350. The second-order valence-corrected chi connectivity index (χ2v) is 12.4. The number of nitrogens with zero attached hydrogens (tertiary/aromatic N) is 6. The first-order valence-electron chi connectivity index (χ1n) is 13.5. The van der Waals surface area contributed by atoms with Gasteiger partial charge in [0.05, 0.1) is 48.6 Å². The van der Waals surface area contributed by atoms with Crippen LogP contribution in [0.5, 0.6) is 5.75 Å². The summed E-state index contributed by atoms with van der Waals surface area (Å²) in [6.07, 6.45) is 7.55. The van der Waals surface area contributed by atoms with E-state index in [0.717, 1.165) is 35.2 Å². The maximum atomic E-state index is 12.5. The van der Waals surface area contributed by atoms with Gasteiger partial charge in [-0.05, 0) is 55.9 Å². The van der Waals surface area contributed by atoms with Gasteiger partial charge in [0.1, 0.15) is 17.2 Å². The van der Waals surface area contributed by atoms with Crippen molar-refractivity contribution in [2.45, 2.75) is 13.0 Å². The summed E-state index contributed by atoms with van der Waals surface area (Å²) in [6, 6.07) is 13.5. The number of hydrogen-bond acceptors (Lipinski definition) is 9. The van der Waals surface area contributed by atoms with Crippen molar-refractivity contribution in [2.24, 2.45) is 0 Å². The van der Waals surface area contributed by atoms with E-state index in [1.165, 1.54) is 10.6 Å². The van der Waals surface area contributed by atoms with Crippen molar-refractivity contribution >= 4 is 49.9 Å². The van der Waals surface area contributed by atoms with Crippen LogP contribution in [0.4, 0.5) is 28.8 Å². The van der Waals surface area contributed by atoms with Crippen LogP contribution in [0.25, 0.3) is 22.2 Å². The standard InChI is InChI=1S/C29H33N9O3S/c1-36(2)14-15-37-18-21(17-31-37)20-8-9-23(25(16-20)41-3)33-29-34-27-22(10-12-30-27)28(35-29)32-24-7-5-6-19-11-13-38(26(19)24)42(4,39)40/h5-10,12,16-18H,11,13-15H2,1-4H3,(H3,30,32,33,34,35). The smallest absolute Gasteiger partial charge is 0.232 e. The first-order chi connectivity index (χ1) is 20.2. The van der Waals surface area contributed by atoms with E-state index in [1.54, 1.807) is 13.3 Å². The number of ether oxygens (including phenoxy) is 1. The summed E-state index contributed by atoms with van der Waals surface area (Å²) < 4.78 is 34.1. The van der Waals surface area contributed by atoms with E-state index in [1.807, 2.05) is 73.6 Å². The normalized spacial score (nSPS) is 13.1. The van der Waals surface area contributed by atoms with Gasteiger partial charge >= 0.3 is 0 Å². The van der Waals surface area contributed by atoms with Gasteiger partial charge in [-0.3, -0.25) is 8.99 Å². The fourth-order valence-corrected chi connectivity index (χ4v) is 6.08. The van der Waals surface area contributed by atoms with Crippen molar-refractivity contribution in [2.75, 3.05) is 55.5 Å². The molecule has 3 N–H and O–H groups in total. The van der Waals surface area contributed by atoms with Crippen LogP contribution in [0.15, 0.2) is 61.1 Å². The molecule has 3 aromatic heterocycles. The van der Waals surface area contributed by atoms with Crippen LogP contribution in [0.2, 0.25) is 0 Å². The largest absolute Gasteiger partial charge is 0.495 e. The van der Waals surface area contributed by atoms with E-state index in [2.05, 4.69) is 30.6 Å². The maximum absolute atomic E-state index is 12.5. The van der Waals surface area contributed by atoms with Gasteiger partial charge in [-0.2, -0.15) is 15.1 Å². The lowest BCUT2D eigenvalue weighted by Crippen LogP contribution is -2.28. The molecule has 6 rings (SSSR count). The molecule has 0 saturated heterocycles. The molecule has 0 atom stereocenters. The Kier molecular flexibility index (Phi) is 7.21. The predicted octanol–water partition coefficient (Wildman–Crippen LogP) is 4.20. The molecule has 0 aliphatic carbocycles. The molecule has 218 valence electrons. The molecule has 0 fully saturated rings. The molecule has 1 aliphatic rings. The molecule has 0 saturated carbocycles. The molecule has 0 amide bonds. The van der Waals surface area contributed by atoms with Crippen LogP contribution in [-0.4, -0.2) is 78.6 Å². The number of anilines is 5. The van der Waals surface area contributed by atoms with Crippen molar-refractivity contribution in [1.82, 2.24) is 29.6 Å². The van der Waals surface area contributed by atoms with Crippen molar-refractivity contribution in [1.29, 1.82) is 0 Å². The van der Waals surface area contributed by atoms with Gasteiger partial charge < -0.3 is 25.3 Å². The number of rotatable bonds is 10. The van der Waals surface area contributed by atoms with Crippen molar-refractivity contribution in [3.63, 3.8) is 0 Å². The van der Waals surface area contributed by atoms with Gasteiger partial charge in [0, 0.05) is 31.0 Å². The third-order valence-corrected chi connectivity index (χ3v) is 8.38. The Morgan fingerprint density at radius 3 is 2.71 bits per heavy atom. The number of hydrogen-bond donors (Lipinski definition) is 3. The lowest BCUT2D eigenvalue weighted by molar-refractivity contribution is 0.373. The molecule has 5 aromatic rings. The second-order valence-electron chi connectivity index (χ2n) is 10.5. The minimum Gasteiger partial charge on any atom is -0.495 e. The number of likely N-dealkylation sites (N-methyl/N-ethyl adjacent to an activating group) is 1. The molecule has 0 radical (unpaired) electrons. The number of H-pyrrole nitrogens is 1. The van der Waals surface area contributed by atoms with E-state index in [9.17, 15) is 8.42 Å². The highest BCUT2D eigenvalue weighted by Crippen LogP contribution is 2.39. The summed E-state index contributed by atoms with van der Waals surface area (Å²) in [4.78, 5) is 14.7. The Morgan fingerprint density at radius 1 is 1.07 bits per heavy atom. The number of nitrogens with one attached hydrogen (secondary N) is 3. The predicted molar refractivity (Wildman–Crippen MR) is 166 cm³/mol. The average Bonchev–Trinajstić information content (AvgIpc) is 3.72. The molecule has 13 heteroatoms. The lowest BCUT2D eigenvalue weighted by Gasteiger charge is -2.20. The highest BCUT2D eigenvalue weighted by molar-refractivity contribution is 7.92. The van der Waals surface area contributed by atoms with Crippen LogP contribution in [0.1, 0.15) is 5.56 Å². The third-order valence-electron chi connectivity index (χ3n) is 7.21. The molecule has 12 nitrogen and oxygen atoms in total. The molecular formula is C29H33N9O3S. The van der Waals surface area contributed by atoms with Crippen LogP contribution in [0, 0.1) is 0 Å². The van der Waals surface area contributed by atoms with Crippen molar-refractivity contribution in [3.8, 4) is 16.9 Å². The second kappa shape index (κ2) is 11.0. The number of benzene rings is 2. The van der Waals surface area contributed by atoms with E-state index in [0.29, 0.717) is 53.2 Å². The van der Waals surface area contributed by atoms with Crippen LogP contribution in [-0.2, 0) is 23.0 Å². The molecule has 2 aromatic carbocycles. The molecular weight excluding hydrogens is 554 g/mol. The number of sulfonamides is 1. The van der Waals surface area contributed by atoms with E-state index in [-0.39, 0.29) is 0 Å². The Morgan fingerprint density at radius 2 is 1.93 bits per heavy atom. The molecule has 0 spiro atoms. The van der Waals surface area contributed by atoms with Gasteiger partial charge in [0.2, 0.25) is 16.0 Å². The summed E-state index contributed by atoms with van der Waals surface area (Å²) in [7, 11) is 2.27. The molecule has 42 heavy (non-hydrogen) atoms. The molecule has 1 aliphatic heterocycles. The zero-order valence-electron chi connectivity index (χ0n) is 23.9. The monoisotopic (exact) mass is 587 g/mol. The fraction of sp³-hybridized carbons (Fsp3) is 0.276. The molecule has 4 heterocycles. The highest BCUT2D eigenvalue weighted by atomic mass is 32.2. The van der Waals surface area contributed by atoms with Crippen LogP contribution >= 0.6 is 0 Å². The first kappa shape index (κ1) is 27.5. The molecule has 0 unspecified atom stereocenters. The lowest BCUT2D eigenvalue weighted by atomic mass is 10.1. The van der Waals surface area contributed by atoms with Crippen LogP contribution in [0.3, 0.4) is 0 Å². The minimum atomic E-state index is -3.43. The third kappa shape index (κ3) is 5.48. The summed E-state index contributed by atoms with van der Waals surface area (Å²) in [5, 5.41) is 11.9. The van der Waals surface area contributed by atoms with Gasteiger partial charge in [-0.15, -0.1) is 0 Å². The number of para-hydroxylation sites is 1. The fourth-order valence-electron chi connectivity index (χ4n) is 5.11. The SMILES string of the molecule is COc1cc(-c2cnn(CCN(C)C)c2)ccc1Nc1nc(Nc2cccc3c2N(S(C)(=O)=O)CC3)c2cc[nH]c2n1. The van der Waals surface area contributed by atoms with Gasteiger partial charge in [-0.25, -0.2) is 8.42 Å². The Balaban J connectivity index is 1.30. The first-order valence-corrected chi connectivity index (χ1v) is 15.4. The zero-order chi connectivity index (χ0) is 29.4. The quantitative estimate of drug-likeness (QED) is 0.220. The van der Waals surface area contributed by atoms with Crippen molar-refractivity contribution < 1.29 is 13.2 Å². The Bertz CT molecular complexity index is 1860. The highest BCUT2D eigenvalue weighted by Gasteiger charge is 2.29. The van der Waals surface area contributed by atoms with E-state index >= 15 is 0 Å². The van der Waals surface area contributed by atoms with E-state index < -0.39 is 10.0 Å². The molecule has 0 bridgehead atoms. The van der Waals surface area contributed by atoms with Gasteiger partial charge in [0.15, 0.2) is 0 Å². The maximum Gasteiger partial charge on any atom is 0.232 e. The van der Waals surface area contributed by atoms with Crippen molar-refractivity contribution in [3.05, 3.63) is 66.6 Å². The Labute approximate surface area is 244 Å². The summed E-state index contributed by atoms with van der Waals surface area (Å²) in [5.74, 6) is 1.52. The van der Waals surface area contributed by atoms with Gasteiger partial charge in [0.25, 0.3) is 0 Å². The van der Waals surface area contributed by atoms with Gasteiger partial charge in [-0.1, -0.05) is 18.2 Å². The average molecular weight is 588 g/mol. The zero-order valence-corrected chi connectivity index (χ0v) is 24.7. The number of aromatic nitrogens is 5. The summed E-state index contributed by atoms with van der Waals surface area (Å²) >= 11 is 0. The number of aromatic amines is 1. The number of methoxy groups -OCH3 is 1. The van der Waals surface area contributed by atoms with E-state index in [4.69, 9.17) is 9.72 Å². The summed E-state index contributed by atoms with van der Waals surface area (Å²) in [6.45, 7) is 2.12.